The first-order valence-electron chi connectivity index (χ1n) is 5.76. The molecule has 1 aliphatic heterocycles. The second kappa shape index (κ2) is 4.02. The van der Waals surface area contributed by atoms with E-state index in [9.17, 15) is 8.42 Å². The topological polar surface area (TPSA) is 43.4 Å². The van der Waals surface area contributed by atoms with Gasteiger partial charge in [0.15, 0.2) is 9.84 Å². The highest BCUT2D eigenvalue weighted by Gasteiger charge is 2.22. The normalized spacial score (nSPS) is 18.5. The van der Waals surface area contributed by atoms with Crippen LogP contribution in [0, 0.1) is 0 Å². The molecule has 94 valence electrons. The first kappa shape index (κ1) is 12.4. The van der Waals surface area contributed by atoms with Gasteiger partial charge in [0.1, 0.15) is 11.4 Å². The first-order chi connectivity index (χ1) is 7.75. The van der Waals surface area contributed by atoms with E-state index in [0.29, 0.717) is 6.42 Å². The summed E-state index contributed by atoms with van der Waals surface area (Å²) in [5, 5.41) is 0. The van der Waals surface area contributed by atoms with Gasteiger partial charge < -0.3 is 4.74 Å². The Morgan fingerprint density at radius 3 is 2.53 bits per heavy atom. The van der Waals surface area contributed by atoms with Gasteiger partial charge in [-0.15, -0.1) is 0 Å². The number of hydrogen-bond acceptors (Lipinski definition) is 3. The molecule has 0 fully saturated rings. The molecule has 1 aliphatic rings. The van der Waals surface area contributed by atoms with Gasteiger partial charge in [0.25, 0.3) is 0 Å². The van der Waals surface area contributed by atoms with Crippen molar-refractivity contribution in [2.24, 2.45) is 0 Å². The third-order valence-electron chi connectivity index (χ3n) is 2.66. The van der Waals surface area contributed by atoms with Crippen LogP contribution in [0.4, 0.5) is 0 Å². The Balaban J connectivity index is 2.28. The minimum atomic E-state index is -2.88. The number of sulfone groups is 1. The van der Waals surface area contributed by atoms with Crippen LogP contribution in [-0.2, 0) is 22.0 Å². The molecule has 0 saturated carbocycles. The molecule has 0 saturated heterocycles. The molecule has 4 heteroatoms. The Hall–Kier alpha value is -1.03. The van der Waals surface area contributed by atoms with Crippen molar-refractivity contribution in [3.8, 4) is 5.75 Å². The van der Waals surface area contributed by atoms with Gasteiger partial charge in [0.05, 0.1) is 11.5 Å². The minimum absolute atomic E-state index is 0.165. The van der Waals surface area contributed by atoms with E-state index in [1.165, 1.54) is 0 Å². The fraction of sp³-hybridized carbons (Fsp3) is 0.538. The van der Waals surface area contributed by atoms with Crippen molar-refractivity contribution in [3.63, 3.8) is 0 Å². The molecule has 1 aromatic rings. The van der Waals surface area contributed by atoms with E-state index in [4.69, 9.17) is 4.74 Å². The standard InChI is InChI=1S/C13H18O3S/c1-13(2,3)16-12-5-4-11-9-17(14,15)7-6-10(11)8-12/h4-5,8H,6-7,9H2,1-3H3. The van der Waals surface area contributed by atoms with E-state index in [-0.39, 0.29) is 17.1 Å². The molecule has 0 aromatic heterocycles. The predicted molar refractivity (Wildman–Crippen MR) is 68.0 cm³/mol. The third-order valence-corrected chi connectivity index (χ3v) is 4.24. The molecular weight excluding hydrogens is 236 g/mol. The average Bonchev–Trinajstić information content (AvgIpc) is 2.15. The molecule has 0 unspecified atom stereocenters. The molecule has 0 aliphatic carbocycles. The van der Waals surface area contributed by atoms with Gasteiger partial charge in [0.2, 0.25) is 0 Å². The maximum atomic E-state index is 11.5. The monoisotopic (exact) mass is 254 g/mol. The van der Waals surface area contributed by atoms with E-state index < -0.39 is 9.84 Å². The van der Waals surface area contributed by atoms with Crippen molar-refractivity contribution < 1.29 is 13.2 Å². The zero-order valence-electron chi connectivity index (χ0n) is 10.5. The number of benzene rings is 1. The van der Waals surface area contributed by atoms with E-state index in [1.54, 1.807) is 0 Å². The van der Waals surface area contributed by atoms with Gasteiger partial charge in [-0.3, -0.25) is 0 Å². The summed E-state index contributed by atoms with van der Waals surface area (Å²) >= 11 is 0. The quantitative estimate of drug-likeness (QED) is 0.772. The summed E-state index contributed by atoms with van der Waals surface area (Å²) in [6.07, 6.45) is 0.596. The van der Waals surface area contributed by atoms with Gasteiger partial charge in [-0.1, -0.05) is 6.07 Å². The molecule has 17 heavy (non-hydrogen) atoms. The molecule has 3 nitrogen and oxygen atoms in total. The Morgan fingerprint density at radius 1 is 1.18 bits per heavy atom. The van der Waals surface area contributed by atoms with Gasteiger partial charge >= 0.3 is 0 Å². The van der Waals surface area contributed by atoms with Crippen molar-refractivity contribution in [3.05, 3.63) is 29.3 Å². The summed E-state index contributed by atoms with van der Waals surface area (Å²) < 4.78 is 28.8. The van der Waals surface area contributed by atoms with Crippen LogP contribution in [0.5, 0.6) is 5.75 Å². The molecule has 1 aromatic carbocycles. The second-order valence-electron chi connectivity index (χ2n) is 5.49. The molecule has 2 rings (SSSR count). The predicted octanol–water partition coefficient (Wildman–Crippen LogP) is 2.33. The number of aryl methyl sites for hydroxylation is 1. The molecule has 0 bridgehead atoms. The number of rotatable bonds is 1. The van der Waals surface area contributed by atoms with Crippen molar-refractivity contribution in [2.75, 3.05) is 5.75 Å². The number of fused-ring (bicyclic) bond motifs is 1. The van der Waals surface area contributed by atoms with Gasteiger partial charge in [-0.05, 0) is 50.5 Å². The zero-order valence-corrected chi connectivity index (χ0v) is 11.3. The highest BCUT2D eigenvalue weighted by Crippen LogP contribution is 2.26. The molecule has 0 atom stereocenters. The number of hydrogen-bond donors (Lipinski definition) is 0. The highest BCUT2D eigenvalue weighted by molar-refractivity contribution is 7.90. The van der Waals surface area contributed by atoms with Crippen molar-refractivity contribution in [1.29, 1.82) is 0 Å². The van der Waals surface area contributed by atoms with Gasteiger partial charge in [0, 0.05) is 0 Å². The van der Waals surface area contributed by atoms with Gasteiger partial charge in [-0.25, -0.2) is 8.42 Å². The van der Waals surface area contributed by atoms with Crippen LogP contribution < -0.4 is 4.74 Å². The fourth-order valence-corrected chi connectivity index (χ4v) is 3.40. The van der Waals surface area contributed by atoms with Crippen LogP contribution >= 0.6 is 0 Å². The summed E-state index contributed by atoms with van der Waals surface area (Å²) in [6, 6.07) is 5.69. The van der Waals surface area contributed by atoms with Crippen LogP contribution in [0.15, 0.2) is 18.2 Å². The van der Waals surface area contributed by atoms with E-state index in [2.05, 4.69) is 0 Å². The zero-order chi connectivity index (χ0) is 12.7. The third kappa shape index (κ3) is 3.22. The SMILES string of the molecule is CC(C)(C)Oc1ccc2c(c1)CCS(=O)(=O)C2. The van der Waals surface area contributed by atoms with E-state index in [0.717, 1.165) is 16.9 Å². The van der Waals surface area contributed by atoms with Crippen molar-refractivity contribution in [1.82, 2.24) is 0 Å². The largest absolute Gasteiger partial charge is 0.488 e. The lowest BCUT2D eigenvalue weighted by molar-refractivity contribution is 0.131. The molecular formula is C13H18O3S. The Morgan fingerprint density at radius 2 is 1.88 bits per heavy atom. The fourth-order valence-electron chi connectivity index (χ4n) is 1.97. The Kier molecular flexibility index (Phi) is 2.94. The second-order valence-corrected chi connectivity index (χ2v) is 7.67. The molecule has 0 spiro atoms. The minimum Gasteiger partial charge on any atom is -0.488 e. The van der Waals surface area contributed by atoms with E-state index in [1.807, 2.05) is 39.0 Å². The average molecular weight is 254 g/mol. The van der Waals surface area contributed by atoms with Crippen LogP contribution in [-0.4, -0.2) is 19.8 Å². The maximum absolute atomic E-state index is 11.5. The Labute approximate surface area is 103 Å². The van der Waals surface area contributed by atoms with Crippen molar-refractivity contribution in [2.45, 2.75) is 38.5 Å². The van der Waals surface area contributed by atoms with Crippen LogP contribution in [0.25, 0.3) is 0 Å². The molecule has 1 heterocycles. The van der Waals surface area contributed by atoms with Gasteiger partial charge in [-0.2, -0.15) is 0 Å². The maximum Gasteiger partial charge on any atom is 0.154 e. The lowest BCUT2D eigenvalue weighted by Gasteiger charge is -2.23. The summed E-state index contributed by atoms with van der Waals surface area (Å²) in [5.41, 5.74) is 1.79. The summed E-state index contributed by atoms with van der Waals surface area (Å²) in [4.78, 5) is 0. The molecule has 0 N–H and O–H groups in total. The van der Waals surface area contributed by atoms with Crippen LogP contribution in [0.2, 0.25) is 0 Å². The van der Waals surface area contributed by atoms with Crippen LogP contribution in [0.1, 0.15) is 31.9 Å². The lowest BCUT2D eigenvalue weighted by atomic mass is 10.1. The van der Waals surface area contributed by atoms with Crippen molar-refractivity contribution >= 4 is 9.84 Å². The molecule has 0 amide bonds. The highest BCUT2D eigenvalue weighted by atomic mass is 32.2. The van der Waals surface area contributed by atoms with Crippen LogP contribution in [0.3, 0.4) is 0 Å². The molecule has 0 radical (unpaired) electrons. The number of ether oxygens (including phenoxy) is 1. The Bertz CT molecular complexity index is 524. The smallest absolute Gasteiger partial charge is 0.154 e. The first-order valence-corrected chi connectivity index (χ1v) is 7.59. The summed E-state index contributed by atoms with van der Waals surface area (Å²) in [6.45, 7) is 5.99. The summed E-state index contributed by atoms with van der Waals surface area (Å²) in [5.74, 6) is 1.23. The van der Waals surface area contributed by atoms with E-state index >= 15 is 0 Å². The lowest BCUT2D eigenvalue weighted by Crippen LogP contribution is -2.24. The summed E-state index contributed by atoms with van der Waals surface area (Å²) in [7, 11) is -2.88.